The first kappa shape index (κ1) is 19.0. The lowest BCUT2D eigenvalue weighted by atomic mass is 10.1. The largest absolute Gasteiger partial charge is 0.480 e. The molecular formula is C11H15NO8S. The molecule has 0 saturated heterocycles. The number of rotatable bonds is 6. The molecule has 21 heavy (non-hydrogen) atoms. The fourth-order valence-corrected chi connectivity index (χ4v) is 1.31. The molecule has 5 N–H and O–H groups in total. The Balaban J connectivity index is 0.000000690. The summed E-state index contributed by atoms with van der Waals surface area (Å²) in [4.78, 5) is 21.2. The van der Waals surface area contributed by atoms with Crippen LogP contribution in [0.2, 0.25) is 0 Å². The molecular weight excluding hydrogens is 306 g/mol. The maximum atomic E-state index is 10.9. The summed E-state index contributed by atoms with van der Waals surface area (Å²) in [7, 11) is -4.67. The minimum atomic E-state index is -4.67. The predicted molar refractivity (Wildman–Crippen MR) is 71.4 cm³/mol. The van der Waals surface area contributed by atoms with Gasteiger partial charge in [0.2, 0.25) is 0 Å². The second kappa shape index (κ2) is 9.02. The summed E-state index contributed by atoms with van der Waals surface area (Å²) in [5, 5.41) is 19.8. The summed E-state index contributed by atoms with van der Waals surface area (Å²) in [6.45, 7) is -0.357. The monoisotopic (exact) mass is 321 g/mol. The Morgan fingerprint density at radius 3 is 1.95 bits per heavy atom. The molecule has 1 aromatic rings. The number of nitrogens with one attached hydrogen (secondary N) is 1. The van der Waals surface area contributed by atoms with E-state index in [1.807, 2.05) is 18.2 Å². The second-order valence-electron chi connectivity index (χ2n) is 3.80. The van der Waals surface area contributed by atoms with E-state index in [-0.39, 0.29) is 13.0 Å². The fourth-order valence-electron chi connectivity index (χ4n) is 1.31. The normalized spacial score (nSPS) is 11.9. The Hall–Kier alpha value is -2.01. The van der Waals surface area contributed by atoms with Crippen LogP contribution in [0.15, 0.2) is 30.3 Å². The van der Waals surface area contributed by atoms with Crippen LogP contribution in [-0.4, -0.2) is 52.3 Å². The zero-order valence-corrected chi connectivity index (χ0v) is 11.5. The highest BCUT2D eigenvalue weighted by Crippen LogP contribution is 2.03. The van der Waals surface area contributed by atoms with Gasteiger partial charge in [-0.25, -0.2) is 0 Å². The van der Waals surface area contributed by atoms with Gasteiger partial charge in [0, 0.05) is 0 Å². The first-order valence-electron chi connectivity index (χ1n) is 5.51. The number of carboxylic acids is 2. The van der Waals surface area contributed by atoms with Crippen molar-refractivity contribution in [2.45, 2.75) is 12.5 Å². The van der Waals surface area contributed by atoms with Crippen LogP contribution >= 0.6 is 0 Å². The maximum absolute atomic E-state index is 10.9. The summed E-state index contributed by atoms with van der Waals surface area (Å²) in [5.41, 5.74) is 0.854. The average molecular weight is 321 g/mol. The number of hydrogen-bond acceptors (Lipinski definition) is 5. The molecule has 0 aliphatic carbocycles. The Morgan fingerprint density at radius 1 is 1.10 bits per heavy atom. The third-order valence-corrected chi connectivity index (χ3v) is 2.08. The number of carboxylic acid groups (broad SMARTS) is 2. The molecule has 0 spiro atoms. The third kappa shape index (κ3) is 12.8. The van der Waals surface area contributed by atoms with Crippen molar-refractivity contribution in [3.8, 4) is 0 Å². The molecule has 0 bridgehead atoms. The fraction of sp³-hybridized carbons (Fsp3) is 0.273. The molecule has 1 atom stereocenters. The molecule has 0 heterocycles. The van der Waals surface area contributed by atoms with Crippen LogP contribution in [0.25, 0.3) is 0 Å². The van der Waals surface area contributed by atoms with Gasteiger partial charge in [-0.3, -0.25) is 24.0 Å². The van der Waals surface area contributed by atoms with Crippen LogP contribution in [0.4, 0.5) is 0 Å². The van der Waals surface area contributed by atoms with Gasteiger partial charge in [0.05, 0.1) is 6.54 Å². The number of hydrogen-bond donors (Lipinski definition) is 5. The molecule has 1 unspecified atom stereocenters. The topological polar surface area (TPSA) is 161 Å². The van der Waals surface area contributed by atoms with Crippen LogP contribution in [0.3, 0.4) is 0 Å². The van der Waals surface area contributed by atoms with Crippen LogP contribution in [0.5, 0.6) is 0 Å². The van der Waals surface area contributed by atoms with Gasteiger partial charge in [-0.1, -0.05) is 30.3 Å². The lowest BCUT2D eigenvalue weighted by molar-refractivity contribution is -0.140. The molecule has 10 heteroatoms. The molecule has 0 aliphatic rings. The van der Waals surface area contributed by atoms with Gasteiger partial charge in [0.25, 0.3) is 0 Å². The zero-order valence-electron chi connectivity index (χ0n) is 10.7. The minimum Gasteiger partial charge on any atom is -0.480 e. The maximum Gasteiger partial charge on any atom is 0.394 e. The van der Waals surface area contributed by atoms with Gasteiger partial charge in [-0.05, 0) is 12.0 Å². The van der Waals surface area contributed by atoms with Crippen molar-refractivity contribution in [2.24, 2.45) is 0 Å². The Kier molecular flexibility index (Phi) is 8.16. The van der Waals surface area contributed by atoms with E-state index in [2.05, 4.69) is 5.32 Å². The highest BCUT2D eigenvalue weighted by Gasteiger charge is 2.17. The lowest BCUT2D eigenvalue weighted by Crippen LogP contribution is -2.41. The number of carbonyl (C=O) groups is 2. The molecule has 1 aromatic carbocycles. The van der Waals surface area contributed by atoms with E-state index in [4.69, 9.17) is 27.7 Å². The van der Waals surface area contributed by atoms with Gasteiger partial charge in [-0.15, -0.1) is 0 Å². The zero-order chi connectivity index (χ0) is 16.5. The average Bonchev–Trinajstić information content (AvgIpc) is 2.33. The molecule has 0 aliphatic heterocycles. The summed E-state index contributed by atoms with van der Waals surface area (Å²) in [6.07, 6.45) is 0.267. The molecule has 118 valence electrons. The molecule has 9 nitrogen and oxygen atoms in total. The summed E-state index contributed by atoms with van der Waals surface area (Å²) in [6, 6.07) is 8.19. The van der Waals surface area contributed by atoms with E-state index in [1.165, 1.54) is 0 Å². The third-order valence-electron chi connectivity index (χ3n) is 2.08. The van der Waals surface area contributed by atoms with Crippen molar-refractivity contribution in [3.63, 3.8) is 0 Å². The van der Waals surface area contributed by atoms with Crippen molar-refractivity contribution >= 4 is 22.3 Å². The first-order chi connectivity index (χ1) is 9.59. The van der Waals surface area contributed by atoms with E-state index in [1.54, 1.807) is 12.1 Å². The second-order valence-corrected chi connectivity index (χ2v) is 4.70. The van der Waals surface area contributed by atoms with Crippen LogP contribution < -0.4 is 5.32 Å². The van der Waals surface area contributed by atoms with Crippen molar-refractivity contribution in [1.82, 2.24) is 5.32 Å². The van der Waals surface area contributed by atoms with Gasteiger partial charge >= 0.3 is 22.3 Å². The van der Waals surface area contributed by atoms with Crippen molar-refractivity contribution in [3.05, 3.63) is 35.9 Å². The van der Waals surface area contributed by atoms with Crippen LogP contribution in [0, 0.1) is 0 Å². The summed E-state index contributed by atoms with van der Waals surface area (Å²) in [5.74, 6) is -2.12. The number of benzene rings is 1. The first-order valence-corrected chi connectivity index (χ1v) is 6.91. The van der Waals surface area contributed by atoms with E-state index in [0.717, 1.165) is 5.56 Å². The van der Waals surface area contributed by atoms with Gasteiger partial charge in [0.1, 0.15) is 6.04 Å². The molecule has 0 radical (unpaired) electrons. The Labute approximate surface area is 120 Å². The van der Waals surface area contributed by atoms with Gasteiger partial charge in [0.15, 0.2) is 0 Å². The molecule has 1 rings (SSSR count). The SMILES string of the molecule is O=C(O)CNC(Cc1ccccc1)C(=O)O.O=S(=O)(O)O. The highest BCUT2D eigenvalue weighted by molar-refractivity contribution is 7.79. The van der Waals surface area contributed by atoms with E-state index < -0.39 is 28.4 Å². The molecule has 0 amide bonds. The minimum absolute atomic E-state index is 0.267. The molecule has 0 aromatic heterocycles. The molecule has 0 fully saturated rings. The highest BCUT2D eigenvalue weighted by atomic mass is 32.3. The predicted octanol–water partition coefficient (Wildman–Crippen LogP) is -0.296. The van der Waals surface area contributed by atoms with Crippen LogP contribution in [-0.2, 0) is 26.4 Å². The lowest BCUT2D eigenvalue weighted by Gasteiger charge is -2.12. The Bertz CT molecular complexity index is 549. The van der Waals surface area contributed by atoms with E-state index in [0.29, 0.717) is 0 Å². The summed E-state index contributed by atoms with van der Waals surface area (Å²) < 4.78 is 31.6. The Morgan fingerprint density at radius 2 is 1.57 bits per heavy atom. The van der Waals surface area contributed by atoms with E-state index >= 15 is 0 Å². The van der Waals surface area contributed by atoms with Crippen LogP contribution in [0.1, 0.15) is 5.56 Å². The van der Waals surface area contributed by atoms with Crippen molar-refractivity contribution < 1.29 is 37.3 Å². The quantitative estimate of drug-likeness (QED) is 0.443. The summed E-state index contributed by atoms with van der Waals surface area (Å²) >= 11 is 0. The molecule has 0 saturated carbocycles. The number of aliphatic carboxylic acids is 2. The smallest absolute Gasteiger partial charge is 0.394 e. The van der Waals surface area contributed by atoms with Crippen molar-refractivity contribution in [1.29, 1.82) is 0 Å². The van der Waals surface area contributed by atoms with Crippen molar-refractivity contribution in [2.75, 3.05) is 6.54 Å². The van der Waals surface area contributed by atoms with Gasteiger partial charge < -0.3 is 10.2 Å². The van der Waals surface area contributed by atoms with Gasteiger partial charge in [-0.2, -0.15) is 8.42 Å². The van der Waals surface area contributed by atoms with E-state index in [9.17, 15) is 9.59 Å². The standard InChI is InChI=1S/C11H13NO4.H2O4S/c13-10(14)7-12-9(11(15)16)6-8-4-2-1-3-5-8;1-5(2,3)4/h1-5,9,12H,6-7H2,(H,13,14)(H,15,16);(H2,1,2,3,4).